The molecule has 0 spiro atoms. The Labute approximate surface area is 130 Å². The molecular formula is C16H22N2O4. The lowest BCUT2D eigenvalue weighted by atomic mass is 10.1. The van der Waals surface area contributed by atoms with Crippen molar-refractivity contribution in [2.24, 2.45) is 7.05 Å². The maximum Gasteiger partial charge on any atom is 0.410 e. The lowest BCUT2D eigenvalue weighted by Gasteiger charge is -2.29. The van der Waals surface area contributed by atoms with Crippen LogP contribution in [0.4, 0.5) is 4.79 Å². The molecule has 1 aromatic rings. The molecule has 0 bridgehead atoms. The Morgan fingerprint density at radius 1 is 1.27 bits per heavy atom. The number of carbonyl (C=O) groups is 2. The Hall–Kier alpha value is -2.24. The first-order valence-corrected chi connectivity index (χ1v) is 7.25. The normalized spacial score (nSPS) is 15.5. The van der Waals surface area contributed by atoms with Gasteiger partial charge in [0, 0.05) is 25.8 Å². The van der Waals surface area contributed by atoms with Gasteiger partial charge in [0.25, 0.3) is 0 Å². The van der Waals surface area contributed by atoms with Crippen LogP contribution in [0.25, 0.3) is 5.57 Å². The molecule has 0 fully saturated rings. The third-order valence-corrected chi connectivity index (χ3v) is 3.53. The smallest absolute Gasteiger partial charge is 0.410 e. The molecule has 1 aliphatic rings. The summed E-state index contributed by atoms with van der Waals surface area (Å²) < 4.78 is 7.02. The van der Waals surface area contributed by atoms with Crippen LogP contribution in [0.3, 0.4) is 0 Å². The molecule has 6 nitrogen and oxygen atoms in total. The molecule has 120 valence electrons. The van der Waals surface area contributed by atoms with Crippen LogP contribution >= 0.6 is 0 Å². The van der Waals surface area contributed by atoms with E-state index in [1.54, 1.807) is 28.6 Å². The highest BCUT2D eigenvalue weighted by atomic mass is 16.6. The van der Waals surface area contributed by atoms with Crippen molar-refractivity contribution in [2.45, 2.75) is 32.8 Å². The average molecular weight is 306 g/mol. The third kappa shape index (κ3) is 3.50. The van der Waals surface area contributed by atoms with Crippen molar-refractivity contribution >= 4 is 17.6 Å². The number of aromatic carboxylic acids is 1. The first kappa shape index (κ1) is 16.1. The number of hydrogen-bond donors (Lipinski definition) is 1. The second-order valence-electron chi connectivity index (χ2n) is 6.37. The maximum absolute atomic E-state index is 12.0. The largest absolute Gasteiger partial charge is 0.477 e. The highest BCUT2D eigenvalue weighted by Crippen LogP contribution is 2.24. The number of carboxylic acids is 1. The van der Waals surface area contributed by atoms with Crippen molar-refractivity contribution in [2.75, 3.05) is 13.1 Å². The minimum Gasteiger partial charge on any atom is -0.477 e. The topological polar surface area (TPSA) is 71.8 Å². The number of carboxylic acid groups (broad SMARTS) is 1. The summed E-state index contributed by atoms with van der Waals surface area (Å²) in [4.78, 5) is 24.7. The number of rotatable bonds is 2. The van der Waals surface area contributed by atoms with E-state index in [1.165, 1.54) is 0 Å². The van der Waals surface area contributed by atoms with E-state index in [4.69, 9.17) is 9.84 Å². The maximum atomic E-state index is 12.0. The molecule has 2 rings (SSSR count). The summed E-state index contributed by atoms with van der Waals surface area (Å²) in [5.41, 5.74) is 1.68. The van der Waals surface area contributed by atoms with E-state index in [0.29, 0.717) is 19.5 Å². The molecule has 0 atom stereocenters. The standard InChI is InChI=1S/C16H22N2O4/c1-16(2,3)22-15(21)18-9-7-11(8-10-18)12-5-6-13(14(19)20)17(12)4/h5-7H,8-10H2,1-4H3,(H,19,20). The second kappa shape index (κ2) is 5.87. The highest BCUT2D eigenvalue weighted by Gasteiger charge is 2.24. The van der Waals surface area contributed by atoms with Crippen LogP contribution in [0, 0.1) is 0 Å². The van der Waals surface area contributed by atoms with Gasteiger partial charge in [0.1, 0.15) is 11.3 Å². The number of ether oxygens (including phenoxy) is 1. The van der Waals surface area contributed by atoms with E-state index in [-0.39, 0.29) is 11.8 Å². The van der Waals surface area contributed by atoms with Crippen LogP contribution in [0.2, 0.25) is 0 Å². The molecule has 22 heavy (non-hydrogen) atoms. The number of hydrogen-bond acceptors (Lipinski definition) is 3. The minimum absolute atomic E-state index is 0.255. The first-order valence-electron chi connectivity index (χ1n) is 7.25. The van der Waals surface area contributed by atoms with Gasteiger partial charge in [-0.15, -0.1) is 0 Å². The molecule has 0 saturated carbocycles. The van der Waals surface area contributed by atoms with Crippen molar-refractivity contribution in [3.8, 4) is 0 Å². The highest BCUT2D eigenvalue weighted by molar-refractivity contribution is 5.87. The van der Waals surface area contributed by atoms with Crippen LogP contribution in [-0.2, 0) is 11.8 Å². The van der Waals surface area contributed by atoms with Gasteiger partial charge in [-0.1, -0.05) is 6.08 Å². The van der Waals surface area contributed by atoms with Crippen LogP contribution in [-0.4, -0.2) is 45.3 Å². The van der Waals surface area contributed by atoms with Crippen molar-refractivity contribution < 1.29 is 19.4 Å². The van der Waals surface area contributed by atoms with Crippen molar-refractivity contribution in [1.29, 1.82) is 0 Å². The fraction of sp³-hybridized carbons (Fsp3) is 0.500. The molecule has 0 radical (unpaired) electrons. The molecule has 2 heterocycles. The molecule has 1 aliphatic heterocycles. The Balaban J connectivity index is 2.09. The molecule has 1 aromatic heterocycles. The van der Waals surface area contributed by atoms with Crippen molar-refractivity contribution in [3.05, 3.63) is 29.6 Å². The van der Waals surface area contributed by atoms with E-state index >= 15 is 0 Å². The van der Waals surface area contributed by atoms with Crippen molar-refractivity contribution in [3.63, 3.8) is 0 Å². The van der Waals surface area contributed by atoms with Crippen LogP contribution in [0.1, 0.15) is 43.4 Å². The minimum atomic E-state index is -0.944. The lowest BCUT2D eigenvalue weighted by Crippen LogP contribution is -2.39. The molecule has 0 saturated heterocycles. The van der Waals surface area contributed by atoms with Gasteiger partial charge in [-0.25, -0.2) is 9.59 Å². The van der Waals surface area contributed by atoms with E-state index in [2.05, 4.69) is 0 Å². The Morgan fingerprint density at radius 2 is 1.95 bits per heavy atom. The molecule has 1 N–H and O–H groups in total. The van der Waals surface area contributed by atoms with Gasteiger partial charge in [0.05, 0.1) is 0 Å². The Bertz CT molecular complexity index is 623. The predicted molar refractivity (Wildman–Crippen MR) is 82.8 cm³/mol. The Kier molecular flexibility index (Phi) is 4.30. The van der Waals surface area contributed by atoms with Gasteiger partial charge in [-0.2, -0.15) is 0 Å². The second-order valence-corrected chi connectivity index (χ2v) is 6.37. The number of nitrogens with zero attached hydrogens (tertiary/aromatic N) is 2. The van der Waals surface area contributed by atoms with Crippen molar-refractivity contribution in [1.82, 2.24) is 9.47 Å². The average Bonchev–Trinajstić information content (AvgIpc) is 2.79. The lowest BCUT2D eigenvalue weighted by molar-refractivity contribution is 0.0270. The van der Waals surface area contributed by atoms with E-state index < -0.39 is 11.6 Å². The summed E-state index contributed by atoms with van der Waals surface area (Å²) in [6, 6.07) is 3.40. The summed E-state index contributed by atoms with van der Waals surface area (Å²) >= 11 is 0. The van der Waals surface area contributed by atoms with Gasteiger partial charge in [-0.3, -0.25) is 0 Å². The summed E-state index contributed by atoms with van der Waals surface area (Å²) in [5, 5.41) is 9.09. The summed E-state index contributed by atoms with van der Waals surface area (Å²) in [6.07, 6.45) is 2.31. The van der Waals surface area contributed by atoms with Crippen LogP contribution in [0.15, 0.2) is 18.2 Å². The molecule has 1 amide bonds. The Morgan fingerprint density at radius 3 is 2.41 bits per heavy atom. The quantitative estimate of drug-likeness (QED) is 0.912. The molecule has 0 aromatic carbocycles. The van der Waals surface area contributed by atoms with Crippen LogP contribution in [0.5, 0.6) is 0 Å². The fourth-order valence-electron chi connectivity index (χ4n) is 2.44. The molecule has 0 aliphatic carbocycles. The van der Waals surface area contributed by atoms with E-state index in [0.717, 1.165) is 11.3 Å². The third-order valence-electron chi connectivity index (χ3n) is 3.53. The SMILES string of the molecule is Cn1c(C(=O)O)ccc1C1=CCN(C(=O)OC(C)(C)C)CC1. The zero-order chi connectivity index (χ0) is 16.5. The van der Waals surface area contributed by atoms with Gasteiger partial charge >= 0.3 is 12.1 Å². The van der Waals surface area contributed by atoms with Gasteiger partial charge in [0.15, 0.2) is 0 Å². The van der Waals surface area contributed by atoms with Gasteiger partial charge in [-0.05, 0) is 44.9 Å². The summed E-state index contributed by atoms with van der Waals surface area (Å²) in [6.45, 7) is 6.56. The summed E-state index contributed by atoms with van der Waals surface area (Å²) in [5.74, 6) is -0.944. The molecule has 6 heteroatoms. The number of aromatic nitrogens is 1. The zero-order valence-electron chi connectivity index (χ0n) is 13.4. The molecule has 0 unspecified atom stereocenters. The monoisotopic (exact) mass is 306 g/mol. The van der Waals surface area contributed by atoms with Crippen LogP contribution < -0.4 is 0 Å². The zero-order valence-corrected chi connectivity index (χ0v) is 13.4. The summed E-state index contributed by atoms with van der Waals surface area (Å²) in [7, 11) is 1.74. The van der Waals surface area contributed by atoms with E-state index in [1.807, 2.05) is 26.8 Å². The number of amides is 1. The van der Waals surface area contributed by atoms with E-state index in [9.17, 15) is 9.59 Å². The van der Waals surface area contributed by atoms with Gasteiger partial charge in [0.2, 0.25) is 0 Å². The molecular weight excluding hydrogens is 284 g/mol. The fourth-order valence-corrected chi connectivity index (χ4v) is 2.44. The first-order chi connectivity index (χ1) is 10.2. The predicted octanol–water partition coefficient (Wildman–Crippen LogP) is 2.75. The van der Waals surface area contributed by atoms with Gasteiger partial charge < -0.3 is 19.3 Å². The number of carbonyl (C=O) groups excluding carboxylic acids is 1.